The van der Waals surface area contributed by atoms with Crippen LogP contribution in [-0.2, 0) is 4.74 Å². The lowest BCUT2D eigenvalue weighted by Crippen LogP contribution is -2.37. The van der Waals surface area contributed by atoms with Gasteiger partial charge in [0.2, 0.25) is 5.95 Å². The fourth-order valence-corrected chi connectivity index (χ4v) is 4.24. The Bertz CT molecular complexity index is 1100. The van der Waals surface area contributed by atoms with E-state index in [2.05, 4.69) is 10.2 Å². The smallest absolute Gasteiger partial charge is 0.232 e. The Morgan fingerprint density at radius 3 is 2.66 bits per heavy atom. The van der Waals surface area contributed by atoms with Gasteiger partial charge < -0.3 is 19.1 Å². The minimum Gasteiger partial charge on any atom is -0.497 e. The number of anilines is 1. The van der Waals surface area contributed by atoms with Crippen LogP contribution in [-0.4, -0.2) is 66.8 Å². The van der Waals surface area contributed by atoms with Gasteiger partial charge in [0.25, 0.3) is 0 Å². The number of Topliss-reactive ketones (excluding diaryl/α,β-unsaturated/α-hetero) is 1. The number of halogens is 1. The molecule has 0 atom stereocenters. The molecule has 0 spiro atoms. The highest BCUT2D eigenvalue weighted by atomic mass is 32.2. The molecule has 10 heteroatoms. The number of carbonyl (C=O) groups excluding carboxylic acids is 1. The molecule has 168 valence electrons. The molecule has 32 heavy (non-hydrogen) atoms. The van der Waals surface area contributed by atoms with Crippen LogP contribution >= 0.6 is 11.8 Å². The molecule has 0 bridgehead atoms. The van der Waals surface area contributed by atoms with Crippen molar-refractivity contribution in [3.8, 4) is 17.2 Å². The molecule has 0 radical (unpaired) electrons. The van der Waals surface area contributed by atoms with Gasteiger partial charge in [-0.3, -0.25) is 9.36 Å². The first-order chi connectivity index (χ1) is 15.6. The van der Waals surface area contributed by atoms with Gasteiger partial charge in [0.05, 0.1) is 44.4 Å². The molecule has 4 rings (SSSR count). The summed E-state index contributed by atoms with van der Waals surface area (Å²) in [5, 5.41) is 9.14. The van der Waals surface area contributed by atoms with Crippen LogP contribution in [0.2, 0.25) is 0 Å². The monoisotopic (exact) mass is 458 g/mol. The topological polar surface area (TPSA) is 78.7 Å². The Hall–Kier alpha value is -3.11. The van der Waals surface area contributed by atoms with Crippen molar-refractivity contribution in [1.82, 2.24) is 14.8 Å². The van der Waals surface area contributed by atoms with E-state index in [-0.39, 0.29) is 17.4 Å². The Morgan fingerprint density at radius 2 is 1.94 bits per heavy atom. The first kappa shape index (κ1) is 22.1. The second kappa shape index (κ2) is 10.0. The second-order valence-electron chi connectivity index (χ2n) is 6.98. The van der Waals surface area contributed by atoms with Crippen LogP contribution in [0.3, 0.4) is 0 Å². The molecule has 0 saturated carbocycles. The zero-order chi connectivity index (χ0) is 22.5. The SMILES string of the molecule is COc1ccc(OC)c(C(=O)CSc2nnc(N3CCOCC3)n2-c2cccc(F)c2)c1. The second-order valence-corrected chi connectivity index (χ2v) is 7.92. The highest BCUT2D eigenvalue weighted by Gasteiger charge is 2.23. The van der Waals surface area contributed by atoms with E-state index in [9.17, 15) is 9.18 Å². The summed E-state index contributed by atoms with van der Waals surface area (Å²) in [6, 6.07) is 11.3. The van der Waals surface area contributed by atoms with E-state index in [1.165, 1.54) is 31.0 Å². The first-order valence-electron chi connectivity index (χ1n) is 10.0. The van der Waals surface area contributed by atoms with Crippen LogP contribution in [0.15, 0.2) is 47.6 Å². The molecule has 3 aromatic rings. The van der Waals surface area contributed by atoms with Crippen molar-refractivity contribution in [2.75, 3.05) is 51.2 Å². The number of methoxy groups -OCH3 is 2. The summed E-state index contributed by atoms with van der Waals surface area (Å²) in [5.41, 5.74) is 1.01. The minimum atomic E-state index is -0.364. The van der Waals surface area contributed by atoms with Crippen LogP contribution < -0.4 is 14.4 Å². The third kappa shape index (κ3) is 4.71. The number of aromatic nitrogens is 3. The predicted octanol–water partition coefficient (Wildman–Crippen LogP) is 3.24. The molecular formula is C22H23FN4O4S. The lowest BCUT2D eigenvalue weighted by molar-refractivity contribution is 0.101. The van der Waals surface area contributed by atoms with Gasteiger partial charge in [0, 0.05) is 13.1 Å². The van der Waals surface area contributed by atoms with E-state index in [1.54, 1.807) is 42.0 Å². The number of hydrogen-bond donors (Lipinski definition) is 0. The fraction of sp³-hybridized carbons (Fsp3) is 0.318. The summed E-state index contributed by atoms with van der Waals surface area (Å²) in [6.45, 7) is 2.45. The summed E-state index contributed by atoms with van der Waals surface area (Å²) >= 11 is 1.23. The predicted molar refractivity (Wildman–Crippen MR) is 119 cm³/mol. The van der Waals surface area contributed by atoms with Crippen molar-refractivity contribution in [2.45, 2.75) is 5.16 Å². The number of ketones is 1. The summed E-state index contributed by atoms with van der Waals surface area (Å²) in [4.78, 5) is 15.0. The van der Waals surface area contributed by atoms with Gasteiger partial charge in [-0.15, -0.1) is 10.2 Å². The highest BCUT2D eigenvalue weighted by Crippen LogP contribution is 2.30. The molecule has 1 aliphatic heterocycles. The normalized spacial score (nSPS) is 13.8. The molecule has 2 heterocycles. The van der Waals surface area contributed by atoms with Crippen LogP contribution in [0.25, 0.3) is 5.69 Å². The molecule has 1 aliphatic rings. The van der Waals surface area contributed by atoms with Gasteiger partial charge in [-0.05, 0) is 36.4 Å². The van der Waals surface area contributed by atoms with Crippen LogP contribution in [0.4, 0.5) is 10.3 Å². The lowest BCUT2D eigenvalue weighted by Gasteiger charge is -2.27. The summed E-state index contributed by atoms with van der Waals surface area (Å²) < 4.78 is 31.7. The number of morpholine rings is 1. The van der Waals surface area contributed by atoms with E-state index in [0.717, 1.165) is 0 Å². The van der Waals surface area contributed by atoms with Gasteiger partial charge in [0.15, 0.2) is 10.9 Å². The molecule has 1 fully saturated rings. The molecule has 8 nitrogen and oxygen atoms in total. The van der Waals surface area contributed by atoms with Crippen molar-refractivity contribution < 1.29 is 23.4 Å². The van der Waals surface area contributed by atoms with Gasteiger partial charge >= 0.3 is 0 Å². The maximum Gasteiger partial charge on any atom is 0.232 e. The van der Waals surface area contributed by atoms with E-state index in [4.69, 9.17) is 14.2 Å². The molecular weight excluding hydrogens is 435 g/mol. The Kier molecular flexibility index (Phi) is 6.91. The van der Waals surface area contributed by atoms with Gasteiger partial charge in [-0.1, -0.05) is 17.8 Å². The molecule has 0 aliphatic carbocycles. The summed E-state index contributed by atoms with van der Waals surface area (Å²) in [6.07, 6.45) is 0. The lowest BCUT2D eigenvalue weighted by atomic mass is 10.1. The van der Waals surface area contributed by atoms with Gasteiger partial charge in [-0.25, -0.2) is 4.39 Å². The van der Waals surface area contributed by atoms with Crippen molar-refractivity contribution in [1.29, 1.82) is 0 Å². The maximum absolute atomic E-state index is 14.0. The standard InChI is InChI=1S/C22H23FN4O4S/c1-29-17-6-7-20(30-2)18(13-17)19(28)14-32-22-25-24-21(26-8-10-31-11-9-26)27(22)16-5-3-4-15(23)12-16/h3-7,12-13H,8-11,14H2,1-2H3. The van der Waals surface area contributed by atoms with Crippen LogP contribution in [0, 0.1) is 5.82 Å². The van der Waals surface area contributed by atoms with Crippen molar-refractivity contribution in [3.63, 3.8) is 0 Å². The highest BCUT2D eigenvalue weighted by molar-refractivity contribution is 7.99. The van der Waals surface area contributed by atoms with E-state index in [1.807, 2.05) is 4.90 Å². The number of carbonyl (C=O) groups is 1. The third-order valence-corrected chi connectivity index (χ3v) is 5.94. The van der Waals surface area contributed by atoms with Gasteiger partial charge in [-0.2, -0.15) is 0 Å². The van der Waals surface area contributed by atoms with Gasteiger partial charge in [0.1, 0.15) is 17.3 Å². The fourth-order valence-electron chi connectivity index (χ4n) is 3.40. The minimum absolute atomic E-state index is 0.0973. The molecule has 0 unspecified atom stereocenters. The Balaban J connectivity index is 1.63. The van der Waals surface area contributed by atoms with Crippen molar-refractivity contribution >= 4 is 23.5 Å². The zero-order valence-electron chi connectivity index (χ0n) is 17.8. The third-order valence-electron chi connectivity index (χ3n) is 5.02. The van der Waals surface area contributed by atoms with E-state index in [0.29, 0.717) is 60.2 Å². The molecule has 2 aromatic carbocycles. The number of ether oxygens (including phenoxy) is 3. The van der Waals surface area contributed by atoms with Crippen LogP contribution in [0.1, 0.15) is 10.4 Å². The number of rotatable bonds is 8. The van der Waals surface area contributed by atoms with E-state index < -0.39 is 0 Å². The number of thioether (sulfide) groups is 1. The number of hydrogen-bond acceptors (Lipinski definition) is 8. The van der Waals surface area contributed by atoms with Crippen molar-refractivity contribution in [3.05, 3.63) is 53.8 Å². The molecule has 1 aromatic heterocycles. The molecule has 0 N–H and O–H groups in total. The Morgan fingerprint density at radius 1 is 1.12 bits per heavy atom. The molecule has 0 amide bonds. The number of nitrogens with zero attached hydrogens (tertiary/aromatic N) is 4. The quantitative estimate of drug-likeness (QED) is 0.376. The Labute approximate surface area is 189 Å². The average Bonchev–Trinajstić information content (AvgIpc) is 3.26. The molecule has 1 saturated heterocycles. The van der Waals surface area contributed by atoms with Crippen molar-refractivity contribution in [2.24, 2.45) is 0 Å². The average molecular weight is 459 g/mol. The zero-order valence-corrected chi connectivity index (χ0v) is 18.6. The van der Waals surface area contributed by atoms with E-state index >= 15 is 0 Å². The van der Waals surface area contributed by atoms with Crippen LogP contribution in [0.5, 0.6) is 11.5 Å². The number of benzene rings is 2. The summed E-state index contributed by atoms with van der Waals surface area (Å²) in [5.74, 6) is 1.21. The largest absolute Gasteiger partial charge is 0.497 e. The first-order valence-corrected chi connectivity index (χ1v) is 11.0. The summed E-state index contributed by atoms with van der Waals surface area (Å²) in [7, 11) is 3.06. The maximum atomic E-state index is 14.0.